The van der Waals surface area contributed by atoms with Gasteiger partial charge in [0.05, 0.1) is 11.6 Å². The molecule has 2 aromatic rings. The SMILES string of the molecule is COc1cc(/C=C/C(=O)c2ccc3c(c2)CCC3)cc(Br)c1O. The quantitative estimate of drug-likeness (QED) is 0.632. The molecule has 3 nitrogen and oxygen atoms in total. The van der Waals surface area contributed by atoms with Crippen molar-refractivity contribution in [2.45, 2.75) is 19.3 Å². The molecule has 2 aromatic carbocycles. The molecule has 118 valence electrons. The Hall–Kier alpha value is -2.07. The van der Waals surface area contributed by atoms with E-state index in [0.717, 1.165) is 18.4 Å². The van der Waals surface area contributed by atoms with Crippen LogP contribution in [0.4, 0.5) is 0 Å². The minimum atomic E-state index is -0.0251. The van der Waals surface area contributed by atoms with Gasteiger partial charge in [-0.05, 0) is 76.2 Å². The number of allylic oxidation sites excluding steroid dienone is 1. The fourth-order valence-electron chi connectivity index (χ4n) is 2.84. The zero-order valence-corrected chi connectivity index (χ0v) is 14.4. The van der Waals surface area contributed by atoms with E-state index in [4.69, 9.17) is 4.74 Å². The number of carbonyl (C=O) groups excluding carboxylic acids is 1. The molecular weight excluding hydrogens is 356 g/mol. The summed E-state index contributed by atoms with van der Waals surface area (Å²) in [6.07, 6.45) is 6.62. The summed E-state index contributed by atoms with van der Waals surface area (Å²) in [5, 5.41) is 9.80. The van der Waals surface area contributed by atoms with Gasteiger partial charge in [-0.2, -0.15) is 0 Å². The third-order valence-electron chi connectivity index (χ3n) is 4.08. The summed E-state index contributed by atoms with van der Waals surface area (Å²) in [6, 6.07) is 9.38. The maximum atomic E-state index is 12.3. The van der Waals surface area contributed by atoms with Gasteiger partial charge in [-0.1, -0.05) is 18.2 Å². The number of hydrogen-bond acceptors (Lipinski definition) is 3. The molecule has 1 aliphatic rings. The van der Waals surface area contributed by atoms with Crippen molar-refractivity contribution in [3.63, 3.8) is 0 Å². The smallest absolute Gasteiger partial charge is 0.185 e. The number of aryl methyl sites for hydroxylation is 2. The van der Waals surface area contributed by atoms with E-state index in [1.54, 1.807) is 24.3 Å². The summed E-state index contributed by atoms with van der Waals surface area (Å²) in [5.74, 6) is 0.390. The van der Waals surface area contributed by atoms with Gasteiger partial charge in [0.1, 0.15) is 0 Å². The molecule has 0 atom stereocenters. The van der Waals surface area contributed by atoms with Crippen LogP contribution in [0.1, 0.15) is 33.5 Å². The molecular formula is C19H17BrO3. The van der Waals surface area contributed by atoms with Crippen LogP contribution in [0.15, 0.2) is 40.9 Å². The molecule has 0 radical (unpaired) electrons. The molecule has 0 spiro atoms. The van der Waals surface area contributed by atoms with Crippen molar-refractivity contribution in [2.75, 3.05) is 7.11 Å². The Bertz CT molecular complexity index is 793. The Morgan fingerprint density at radius 1 is 1.22 bits per heavy atom. The lowest BCUT2D eigenvalue weighted by atomic mass is 10.0. The van der Waals surface area contributed by atoms with E-state index in [-0.39, 0.29) is 11.5 Å². The molecule has 0 aliphatic heterocycles. The molecule has 0 bridgehead atoms. The number of ketones is 1. The predicted octanol–water partition coefficient (Wildman–Crippen LogP) is 4.55. The molecule has 0 aromatic heterocycles. The summed E-state index contributed by atoms with van der Waals surface area (Å²) >= 11 is 3.27. The molecule has 4 heteroatoms. The Labute approximate surface area is 143 Å². The second-order valence-corrected chi connectivity index (χ2v) is 6.44. The zero-order valence-electron chi connectivity index (χ0n) is 12.8. The molecule has 0 fully saturated rings. The van der Waals surface area contributed by atoms with E-state index in [1.165, 1.54) is 24.7 Å². The van der Waals surface area contributed by atoms with Crippen molar-refractivity contribution in [3.05, 3.63) is 63.1 Å². The van der Waals surface area contributed by atoms with Gasteiger partial charge in [0.2, 0.25) is 0 Å². The highest BCUT2D eigenvalue weighted by molar-refractivity contribution is 9.10. The molecule has 1 aliphatic carbocycles. The number of fused-ring (bicyclic) bond motifs is 1. The Morgan fingerprint density at radius 2 is 2.00 bits per heavy atom. The number of methoxy groups -OCH3 is 1. The molecule has 0 heterocycles. The minimum absolute atomic E-state index is 0.0251. The first-order valence-electron chi connectivity index (χ1n) is 7.49. The van der Waals surface area contributed by atoms with Crippen molar-refractivity contribution in [3.8, 4) is 11.5 Å². The second-order valence-electron chi connectivity index (χ2n) is 5.59. The highest BCUT2D eigenvalue weighted by atomic mass is 79.9. The van der Waals surface area contributed by atoms with Crippen LogP contribution in [-0.4, -0.2) is 18.0 Å². The van der Waals surface area contributed by atoms with Gasteiger partial charge in [0.15, 0.2) is 17.3 Å². The summed E-state index contributed by atoms with van der Waals surface area (Å²) in [7, 11) is 1.49. The van der Waals surface area contributed by atoms with Gasteiger partial charge in [-0.15, -0.1) is 0 Å². The van der Waals surface area contributed by atoms with Crippen molar-refractivity contribution in [2.24, 2.45) is 0 Å². The molecule has 0 saturated heterocycles. The molecule has 0 unspecified atom stereocenters. The zero-order chi connectivity index (χ0) is 16.4. The third kappa shape index (κ3) is 3.32. The molecule has 3 rings (SSSR count). The fourth-order valence-corrected chi connectivity index (χ4v) is 3.30. The summed E-state index contributed by atoms with van der Waals surface area (Å²) in [6.45, 7) is 0. The highest BCUT2D eigenvalue weighted by Gasteiger charge is 2.13. The van der Waals surface area contributed by atoms with Crippen molar-refractivity contribution < 1.29 is 14.6 Å². The molecule has 0 amide bonds. The fraction of sp³-hybridized carbons (Fsp3) is 0.211. The van der Waals surface area contributed by atoms with Crippen molar-refractivity contribution >= 4 is 27.8 Å². The first kappa shape index (κ1) is 15.8. The number of ether oxygens (including phenoxy) is 1. The van der Waals surface area contributed by atoms with Crippen LogP contribution in [0.3, 0.4) is 0 Å². The van der Waals surface area contributed by atoms with Crippen molar-refractivity contribution in [1.29, 1.82) is 0 Å². The lowest BCUT2D eigenvalue weighted by Gasteiger charge is -2.06. The number of halogens is 1. The van der Waals surface area contributed by atoms with E-state index in [0.29, 0.717) is 15.8 Å². The lowest BCUT2D eigenvalue weighted by Crippen LogP contribution is -1.96. The Morgan fingerprint density at radius 3 is 2.78 bits per heavy atom. The van der Waals surface area contributed by atoms with Crippen molar-refractivity contribution in [1.82, 2.24) is 0 Å². The molecule has 23 heavy (non-hydrogen) atoms. The number of carbonyl (C=O) groups is 1. The van der Waals surface area contributed by atoms with Crippen LogP contribution in [0, 0.1) is 0 Å². The number of rotatable bonds is 4. The molecule has 0 saturated carbocycles. The second kappa shape index (κ2) is 6.59. The highest BCUT2D eigenvalue weighted by Crippen LogP contribution is 2.35. The number of phenolic OH excluding ortho intramolecular Hbond substituents is 1. The average Bonchev–Trinajstić information content (AvgIpc) is 3.03. The Kier molecular flexibility index (Phi) is 4.53. The first-order chi connectivity index (χ1) is 11.1. The topological polar surface area (TPSA) is 46.5 Å². The van der Waals surface area contributed by atoms with Crippen LogP contribution >= 0.6 is 15.9 Å². The van der Waals surface area contributed by atoms with E-state index < -0.39 is 0 Å². The van der Waals surface area contributed by atoms with Crippen LogP contribution < -0.4 is 4.74 Å². The normalized spacial score (nSPS) is 13.3. The van der Waals surface area contributed by atoms with E-state index in [1.807, 2.05) is 12.1 Å². The number of benzene rings is 2. The maximum absolute atomic E-state index is 12.3. The first-order valence-corrected chi connectivity index (χ1v) is 8.28. The molecule has 1 N–H and O–H groups in total. The summed E-state index contributed by atoms with van der Waals surface area (Å²) < 4.78 is 5.64. The van der Waals surface area contributed by atoms with E-state index in [9.17, 15) is 9.90 Å². The van der Waals surface area contributed by atoms with Gasteiger partial charge in [-0.3, -0.25) is 4.79 Å². The van der Waals surface area contributed by atoms with Gasteiger partial charge in [0.25, 0.3) is 0 Å². The van der Waals surface area contributed by atoms with E-state index >= 15 is 0 Å². The summed E-state index contributed by atoms with van der Waals surface area (Å²) in [5.41, 5.74) is 4.14. The predicted molar refractivity (Wildman–Crippen MR) is 94.2 cm³/mol. The third-order valence-corrected chi connectivity index (χ3v) is 4.69. The number of hydrogen-bond donors (Lipinski definition) is 1. The van der Waals surface area contributed by atoms with Gasteiger partial charge >= 0.3 is 0 Å². The van der Waals surface area contributed by atoms with Crippen LogP contribution in [-0.2, 0) is 12.8 Å². The average molecular weight is 373 g/mol. The van der Waals surface area contributed by atoms with Crippen LogP contribution in [0.5, 0.6) is 11.5 Å². The standard InChI is InChI=1S/C19H17BrO3/c1-23-18-10-12(9-16(20)19(18)22)5-8-17(21)15-7-6-13-3-2-4-14(13)11-15/h5-11,22H,2-4H2,1H3/b8-5+. The largest absolute Gasteiger partial charge is 0.503 e. The maximum Gasteiger partial charge on any atom is 0.185 e. The Balaban J connectivity index is 1.82. The van der Waals surface area contributed by atoms with E-state index in [2.05, 4.69) is 22.0 Å². The van der Waals surface area contributed by atoms with Crippen LogP contribution in [0.25, 0.3) is 6.08 Å². The van der Waals surface area contributed by atoms with Crippen LogP contribution in [0.2, 0.25) is 0 Å². The lowest BCUT2D eigenvalue weighted by molar-refractivity contribution is 0.104. The van der Waals surface area contributed by atoms with Gasteiger partial charge in [0, 0.05) is 5.56 Å². The number of phenols is 1. The monoisotopic (exact) mass is 372 g/mol. The van der Waals surface area contributed by atoms with Gasteiger partial charge < -0.3 is 9.84 Å². The number of aromatic hydroxyl groups is 1. The minimum Gasteiger partial charge on any atom is -0.503 e. The van der Waals surface area contributed by atoms with Gasteiger partial charge in [-0.25, -0.2) is 0 Å². The summed E-state index contributed by atoms with van der Waals surface area (Å²) in [4.78, 5) is 12.3.